The normalized spacial score (nSPS) is 15.7. The number of aromatic nitrogens is 2. The van der Waals surface area contributed by atoms with Crippen molar-refractivity contribution in [1.29, 1.82) is 0 Å². The number of anilines is 1. The Bertz CT molecular complexity index is 866. The van der Waals surface area contributed by atoms with Crippen molar-refractivity contribution in [3.63, 3.8) is 0 Å². The standard InChI is InChI=1S/C21H26N4S/c1-16-15-26-21-19(16)20(25-13-11-24(2)12-14-25)22-18(23-21)10-6-9-17-7-4-3-5-8-17/h3-5,7-8,15H,6,9-14H2,1-2H3. The van der Waals surface area contributed by atoms with Crippen LogP contribution in [0.15, 0.2) is 35.7 Å². The van der Waals surface area contributed by atoms with Gasteiger partial charge < -0.3 is 9.80 Å². The highest BCUT2D eigenvalue weighted by Crippen LogP contribution is 2.32. The maximum absolute atomic E-state index is 5.02. The second-order valence-electron chi connectivity index (χ2n) is 7.19. The minimum atomic E-state index is 0.933. The van der Waals surface area contributed by atoms with Crippen LogP contribution >= 0.6 is 11.3 Å². The van der Waals surface area contributed by atoms with Gasteiger partial charge in [0.05, 0.1) is 5.39 Å². The lowest BCUT2D eigenvalue weighted by Crippen LogP contribution is -2.45. The third-order valence-electron chi connectivity index (χ3n) is 5.16. The van der Waals surface area contributed by atoms with Crippen molar-refractivity contribution in [3.05, 3.63) is 52.7 Å². The SMILES string of the molecule is Cc1csc2nc(CCCc3ccccc3)nc(N3CCN(C)CC3)c12. The van der Waals surface area contributed by atoms with E-state index >= 15 is 0 Å². The summed E-state index contributed by atoms with van der Waals surface area (Å²) >= 11 is 1.75. The number of hydrogen-bond donors (Lipinski definition) is 0. The summed E-state index contributed by atoms with van der Waals surface area (Å²) in [5.74, 6) is 2.14. The molecule has 0 bridgehead atoms. The molecule has 0 aliphatic carbocycles. The average molecular weight is 367 g/mol. The molecule has 0 spiro atoms. The quantitative estimate of drug-likeness (QED) is 0.685. The molecule has 0 saturated carbocycles. The van der Waals surface area contributed by atoms with E-state index in [-0.39, 0.29) is 0 Å². The first-order chi connectivity index (χ1) is 12.7. The predicted octanol–water partition coefficient (Wildman–Crippen LogP) is 3.93. The molecule has 1 aliphatic heterocycles. The highest BCUT2D eigenvalue weighted by molar-refractivity contribution is 7.17. The Morgan fingerprint density at radius 1 is 1.00 bits per heavy atom. The Morgan fingerprint density at radius 2 is 1.77 bits per heavy atom. The molecule has 0 unspecified atom stereocenters. The van der Waals surface area contributed by atoms with Gasteiger partial charge >= 0.3 is 0 Å². The highest BCUT2D eigenvalue weighted by atomic mass is 32.1. The summed E-state index contributed by atoms with van der Waals surface area (Å²) in [4.78, 5) is 15.9. The molecule has 136 valence electrons. The molecule has 3 aromatic rings. The van der Waals surface area contributed by atoms with Gasteiger partial charge in [0.15, 0.2) is 0 Å². The van der Waals surface area contributed by atoms with Crippen LogP contribution in [-0.2, 0) is 12.8 Å². The molecule has 0 atom stereocenters. The van der Waals surface area contributed by atoms with E-state index in [0.717, 1.165) is 61.9 Å². The first-order valence-corrected chi connectivity index (χ1v) is 10.3. The first kappa shape index (κ1) is 17.4. The molecular weight excluding hydrogens is 340 g/mol. The van der Waals surface area contributed by atoms with Crippen molar-refractivity contribution in [1.82, 2.24) is 14.9 Å². The van der Waals surface area contributed by atoms with Gasteiger partial charge in [-0.05, 0) is 43.3 Å². The second kappa shape index (κ2) is 7.72. The third kappa shape index (κ3) is 3.74. The molecular formula is C21H26N4S. The van der Waals surface area contributed by atoms with E-state index in [1.54, 1.807) is 11.3 Å². The number of fused-ring (bicyclic) bond motifs is 1. The summed E-state index contributed by atoms with van der Waals surface area (Å²) in [6.07, 6.45) is 3.10. The number of likely N-dealkylation sites (N-methyl/N-ethyl adjacent to an activating group) is 1. The van der Waals surface area contributed by atoms with E-state index in [1.165, 1.54) is 16.5 Å². The molecule has 5 heteroatoms. The number of piperazine rings is 1. The molecule has 1 fully saturated rings. The van der Waals surface area contributed by atoms with E-state index in [0.29, 0.717) is 0 Å². The average Bonchev–Trinajstić information content (AvgIpc) is 3.04. The Kier molecular flexibility index (Phi) is 5.18. The van der Waals surface area contributed by atoms with Crippen LogP contribution in [0.1, 0.15) is 23.4 Å². The van der Waals surface area contributed by atoms with Gasteiger partial charge in [-0.2, -0.15) is 0 Å². The van der Waals surface area contributed by atoms with Gasteiger partial charge in [-0.3, -0.25) is 0 Å². The van der Waals surface area contributed by atoms with Crippen molar-refractivity contribution in [3.8, 4) is 0 Å². The number of aryl methyl sites for hydroxylation is 3. The number of rotatable bonds is 5. The van der Waals surface area contributed by atoms with Crippen LogP contribution in [0.4, 0.5) is 5.82 Å². The van der Waals surface area contributed by atoms with Gasteiger partial charge in [0.1, 0.15) is 16.5 Å². The van der Waals surface area contributed by atoms with Crippen LogP contribution in [0.3, 0.4) is 0 Å². The Hall–Kier alpha value is -1.98. The number of thiophene rings is 1. The minimum absolute atomic E-state index is 0.933. The summed E-state index contributed by atoms with van der Waals surface area (Å²) in [5.41, 5.74) is 2.69. The van der Waals surface area contributed by atoms with Gasteiger partial charge in [0.25, 0.3) is 0 Å². The summed E-state index contributed by atoms with van der Waals surface area (Å²) in [5, 5.41) is 3.47. The van der Waals surface area contributed by atoms with Crippen molar-refractivity contribution in [2.24, 2.45) is 0 Å². The van der Waals surface area contributed by atoms with Crippen LogP contribution in [0.5, 0.6) is 0 Å². The fourth-order valence-corrected chi connectivity index (χ4v) is 4.49. The van der Waals surface area contributed by atoms with Crippen LogP contribution in [0, 0.1) is 6.92 Å². The summed E-state index contributed by atoms with van der Waals surface area (Å²) in [6.45, 7) is 6.45. The fraction of sp³-hybridized carbons (Fsp3) is 0.429. The Labute approximate surface area is 159 Å². The zero-order valence-corrected chi connectivity index (χ0v) is 16.4. The molecule has 2 aromatic heterocycles. The monoisotopic (exact) mass is 366 g/mol. The van der Waals surface area contributed by atoms with E-state index in [4.69, 9.17) is 9.97 Å². The van der Waals surface area contributed by atoms with Crippen LogP contribution in [-0.4, -0.2) is 48.1 Å². The van der Waals surface area contributed by atoms with E-state index in [1.807, 2.05) is 0 Å². The minimum Gasteiger partial charge on any atom is -0.353 e. The smallest absolute Gasteiger partial charge is 0.141 e. The molecule has 0 amide bonds. The lowest BCUT2D eigenvalue weighted by Gasteiger charge is -2.33. The molecule has 1 aromatic carbocycles. The number of benzene rings is 1. The van der Waals surface area contributed by atoms with Gasteiger partial charge in [-0.1, -0.05) is 30.3 Å². The van der Waals surface area contributed by atoms with E-state index < -0.39 is 0 Å². The molecule has 4 rings (SSSR count). The zero-order chi connectivity index (χ0) is 17.9. The van der Waals surface area contributed by atoms with Crippen LogP contribution in [0.25, 0.3) is 10.2 Å². The lowest BCUT2D eigenvalue weighted by molar-refractivity contribution is 0.312. The lowest BCUT2D eigenvalue weighted by atomic mass is 10.1. The fourth-order valence-electron chi connectivity index (χ4n) is 3.56. The number of nitrogens with zero attached hydrogens (tertiary/aromatic N) is 4. The largest absolute Gasteiger partial charge is 0.353 e. The summed E-state index contributed by atoms with van der Waals surface area (Å²) in [6, 6.07) is 10.7. The van der Waals surface area contributed by atoms with Crippen molar-refractivity contribution >= 4 is 27.4 Å². The molecule has 0 N–H and O–H groups in total. The molecule has 1 saturated heterocycles. The van der Waals surface area contributed by atoms with Crippen LogP contribution < -0.4 is 4.90 Å². The summed E-state index contributed by atoms with van der Waals surface area (Å²) in [7, 11) is 2.19. The predicted molar refractivity (Wildman–Crippen MR) is 110 cm³/mol. The second-order valence-corrected chi connectivity index (χ2v) is 8.05. The number of hydrogen-bond acceptors (Lipinski definition) is 5. The first-order valence-electron chi connectivity index (χ1n) is 9.43. The Morgan fingerprint density at radius 3 is 2.54 bits per heavy atom. The van der Waals surface area contributed by atoms with Crippen molar-refractivity contribution < 1.29 is 0 Å². The maximum atomic E-state index is 5.02. The zero-order valence-electron chi connectivity index (χ0n) is 15.6. The van der Waals surface area contributed by atoms with Gasteiger partial charge in [0.2, 0.25) is 0 Å². The van der Waals surface area contributed by atoms with Crippen LogP contribution in [0.2, 0.25) is 0 Å². The van der Waals surface area contributed by atoms with Gasteiger partial charge in [-0.15, -0.1) is 11.3 Å². The molecule has 4 nitrogen and oxygen atoms in total. The highest BCUT2D eigenvalue weighted by Gasteiger charge is 2.20. The molecule has 0 radical (unpaired) electrons. The molecule has 1 aliphatic rings. The maximum Gasteiger partial charge on any atom is 0.141 e. The summed E-state index contributed by atoms with van der Waals surface area (Å²) < 4.78 is 0. The molecule has 3 heterocycles. The third-order valence-corrected chi connectivity index (χ3v) is 6.15. The molecule has 26 heavy (non-hydrogen) atoms. The van der Waals surface area contributed by atoms with E-state index in [9.17, 15) is 0 Å². The Balaban J connectivity index is 1.55. The van der Waals surface area contributed by atoms with Gasteiger partial charge in [-0.25, -0.2) is 9.97 Å². The van der Waals surface area contributed by atoms with E-state index in [2.05, 4.69) is 59.5 Å². The van der Waals surface area contributed by atoms with Crippen molar-refractivity contribution in [2.75, 3.05) is 38.1 Å². The van der Waals surface area contributed by atoms with Gasteiger partial charge in [0, 0.05) is 32.6 Å². The van der Waals surface area contributed by atoms with Crippen molar-refractivity contribution in [2.45, 2.75) is 26.2 Å². The topological polar surface area (TPSA) is 32.3 Å².